The van der Waals surface area contributed by atoms with Crippen molar-refractivity contribution in [3.05, 3.63) is 60.7 Å². The lowest BCUT2D eigenvalue weighted by molar-refractivity contribution is 0.0654. The molecule has 0 aliphatic carbocycles. The molecular weight excluding hydrogens is 378 g/mol. The van der Waals surface area contributed by atoms with Gasteiger partial charge in [-0.1, -0.05) is 42.5 Å². The van der Waals surface area contributed by atoms with Crippen molar-refractivity contribution < 1.29 is 10.2 Å². The fourth-order valence-corrected chi connectivity index (χ4v) is 4.53. The predicted molar refractivity (Wildman–Crippen MR) is 117 cm³/mol. The Bertz CT molecular complexity index is 1160. The number of piperidine rings is 1. The van der Waals surface area contributed by atoms with Gasteiger partial charge in [0.15, 0.2) is 17.0 Å². The monoisotopic (exact) mass is 403 g/mol. The lowest BCUT2D eigenvalue weighted by Crippen LogP contribution is -2.30. The maximum absolute atomic E-state index is 10.8. The summed E-state index contributed by atoms with van der Waals surface area (Å²) in [7, 11) is 0. The van der Waals surface area contributed by atoms with Gasteiger partial charge in [0.1, 0.15) is 12.4 Å². The summed E-state index contributed by atoms with van der Waals surface area (Å²) in [6.07, 6.45) is 5.81. The Morgan fingerprint density at radius 2 is 1.73 bits per heavy atom. The molecule has 0 amide bonds. The lowest BCUT2D eigenvalue weighted by Gasteiger charge is -2.28. The van der Waals surface area contributed by atoms with E-state index in [2.05, 4.69) is 19.9 Å². The number of benzene rings is 2. The fourth-order valence-electron chi connectivity index (χ4n) is 4.53. The number of fused-ring (bicyclic) bond motifs is 2. The van der Waals surface area contributed by atoms with Crippen molar-refractivity contribution in [1.82, 2.24) is 19.5 Å². The molecule has 0 unspecified atom stereocenters. The van der Waals surface area contributed by atoms with E-state index in [1.165, 1.54) is 6.42 Å². The highest BCUT2D eigenvalue weighted by atomic mass is 16.3. The molecule has 2 atom stereocenters. The Hall–Kier alpha value is -3.03. The molecular formula is C23H25N5O2. The summed E-state index contributed by atoms with van der Waals surface area (Å²) in [6.45, 7) is 1.56. The minimum absolute atomic E-state index is 0.363. The van der Waals surface area contributed by atoms with E-state index < -0.39 is 12.1 Å². The number of hydrogen-bond acceptors (Lipinski definition) is 6. The second-order valence-corrected chi connectivity index (χ2v) is 7.83. The van der Waals surface area contributed by atoms with Crippen LogP contribution in [0.25, 0.3) is 21.9 Å². The summed E-state index contributed by atoms with van der Waals surface area (Å²) in [5.74, 6) is 0.841. The van der Waals surface area contributed by atoms with Gasteiger partial charge >= 0.3 is 0 Å². The van der Waals surface area contributed by atoms with Gasteiger partial charge in [-0.25, -0.2) is 15.0 Å². The zero-order valence-electron chi connectivity index (χ0n) is 16.7. The predicted octanol–water partition coefficient (Wildman–Crippen LogP) is 2.91. The summed E-state index contributed by atoms with van der Waals surface area (Å²) in [6, 6.07) is 13.6. The summed E-state index contributed by atoms with van der Waals surface area (Å²) in [5.41, 5.74) is 2.32. The first-order chi connectivity index (χ1) is 14.8. The third kappa shape index (κ3) is 3.20. The maximum atomic E-state index is 10.8. The molecule has 0 radical (unpaired) electrons. The zero-order valence-corrected chi connectivity index (χ0v) is 16.7. The number of hydrogen-bond donors (Lipinski definition) is 2. The van der Waals surface area contributed by atoms with Crippen molar-refractivity contribution in [3.8, 4) is 0 Å². The Balaban J connectivity index is 1.67. The fraction of sp³-hybridized carbons (Fsp3) is 0.348. The molecule has 7 heteroatoms. The molecule has 1 aliphatic heterocycles. The molecule has 2 N–H and O–H groups in total. The normalized spacial score (nSPS) is 16.8. The molecule has 2 aromatic heterocycles. The first-order valence-corrected chi connectivity index (χ1v) is 10.5. The van der Waals surface area contributed by atoms with Gasteiger partial charge in [-0.05, 0) is 35.6 Å². The summed E-state index contributed by atoms with van der Waals surface area (Å²) in [5, 5.41) is 22.8. The second-order valence-electron chi connectivity index (χ2n) is 7.83. The van der Waals surface area contributed by atoms with E-state index in [1.807, 2.05) is 47.0 Å². The van der Waals surface area contributed by atoms with Gasteiger partial charge in [-0.15, -0.1) is 0 Å². The summed E-state index contributed by atoms with van der Waals surface area (Å²) < 4.78 is 1.87. The molecule has 5 rings (SSSR count). The summed E-state index contributed by atoms with van der Waals surface area (Å²) >= 11 is 0. The van der Waals surface area contributed by atoms with Crippen LogP contribution >= 0.6 is 0 Å². The van der Waals surface area contributed by atoms with Gasteiger partial charge in [0.25, 0.3) is 0 Å². The molecule has 1 aliphatic rings. The van der Waals surface area contributed by atoms with Gasteiger partial charge in [-0.3, -0.25) is 0 Å². The van der Waals surface area contributed by atoms with E-state index in [0.717, 1.165) is 53.6 Å². The molecule has 7 nitrogen and oxygen atoms in total. The van der Waals surface area contributed by atoms with Gasteiger partial charge in [0.05, 0.1) is 19.0 Å². The Morgan fingerprint density at radius 3 is 2.57 bits per heavy atom. The minimum atomic E-state index is -0.999. The Morgan fingerprint density at radius 1 is 0.933 bits per heavy atom. The first kappa shape index (κ1) is 19.0. The number of aliphatic hydroxyl groups excluding tert-OH is 2. The van der Waals surface area contributed by atoms with Crippen LogP contribution in [0.1, 0.15) is 30.9 Å². The third-order valence-corrected chi connectivity index (χ3v) is 5.99. The SMILES string of the molecule is OC[C@@H](O)[C@H](c1cccc2ccccc12)n1cnc2c(N3CCCCC3)ncnc21. The average Bonchev–Trinajstić information content (AvgIpc) is 3.24. The van der Waals surface area contributed by atoms with Gasteiger partial charge in [-0.2, -0.15) is 0 Å². The molecule has 2 aromatic carbocycles. The maximum Gasteiger partial charge on any atom is 0.166 e. The number of imidazole rings is 1. The van der Waals surface area contributed by atoms with Crippen LogP contribution in [0.5, 0.6) is 0 Å². The van der Waals surface area contributed by atoms with Crippen molar-refractivity contribution >= 4 is 27.8 Å². The van der Waals surface area contributed by atoms with Crippen LogP contribution in [0.15, 0.2) is 55.1 Å². The largest absolute Gasteiger partial charge is 0.394 e. The van der Waals surface area contributed by atoms with Crippen molar-refractivity contribution in [2.45, 2.75) is 31.4 Å². The zero-order chi connectivity index (χ0) is 20.5. The molecule has 1 fully saturated rings. The molecule has 4 aromatic rings. The number of anilines is 1. The second kappa shape index (κ2) is 8.01. The highest BCUT2D eigenvalue weighted by molar-refractivity contribution is 5.87. The topological polar surface area (TPSA) is 87.3 Å². The van der Waals surface area contributed by atoms with Crippen LogP contribution in [-0.2, 0) is 0 Å². The molecule has 1 saturated heterocycles. The molecule has 0 bridgehead atoms. The summed E-state index contributed by atoms with van der Waals surface area (Å²) in [4.78, 5) is 15.9. The van der Waals surface area contributed by atoms with Crippen LogP contribution in [0, 0.1) is 0 Å². The van der Waals surface area contributed by atoms with Crippen molar-refractivity contribution in [2.75, 3.05) is 24.6 Å². The van der Waals surface area contributed by atoms with Gasteiger partial charge in [0.2, 0.25) is 0 Å². The number of nitrogens with zero attached hydrogens (tertiary/aromatic N) is 5. The van der Waals surface area contributed by atoms with E-state index >= 15 is 0 Å². The molecule has 30 heavy (non-hydrogen) atoms. The quantitative estimate of drug-likeness (QED) is 0.533. The minimum Gasteiger partial charge on any atom is -0.394 e. The van der Waals surface area contributed by atoms with Crippen LogP contribution in [-0.4, -0.2) is 55.5 Å². The van der Waals surface area contributed by atoms with Crippen molar-refractivity contribution in [3.63, 3.8) is 0 Å². The van der Waals surface area contributed by atoms with E-state index in [1.54, 1.807) is 12.7 Å². The number of rotatable bonds is 5. The van der Waals surface area contributed by atoms with Crippen LogP contribution < -0.4 is 4.90 Å². The highest BCUT2D eigenvalue weighted by Crippen LogP contribution is 2.33. The van der Waals surface area contributed by atoms with Crippen LogP contribution in [0.2, 0.25) is 0 Å². The first-order valence-electron chi connectivity index (χ1n) is 10.5. The molecule has 0 saturated carbocycles. The Kier molecular flexibility index (Phi) is 5.06. The number of aliphatic hydroxyl groups is 2. The van der Waals surface area contributed by atoms with Crippen molar-refractivity contribution in [1.29, 1.82) is 0 Å². The Labute approximate surface area is 174 Å². The van der Waals surface area contributed by atoms with Gasteiger partial charge < -0.3 is 19.7 Å². The van der Waals surface area contributed by atoms with E-state index in [0.29, 0.717) is 5.65 Å². The third-order valence-electron chi connectivity index (χ3n) is 5.99. The van der Waals surface area contributed by atoms with Gasteiger partial charge in [0, 0.05) is 13.1 Å². The van der Waals surface area contributed by atoms with Crippen LogP contribution in [0.3, 0.4) is 0 Å². The smallest absolute Gasteiger partial charge is 0.166 e. The molecule has 3 heterocycles. The number of aromatic nitrogens is 4. The van der Waals surface area contributed by atoms with Crippen molar-refractivity contribution in [2.24, 2.45) is 0 Å². The average molecular weight is 403 g/mol. The van der Waals surface area contributed by atoms with E-state index in [4.69, 9.17) is 0 Å². The van der Waals surface area contributed by atoms with Crippen LogP contribution in [0.4, 0.5) is 5.82 Å². The lowest BCUT2D eigenvalue weighted by atomic mass is 9.95. The van der Waals surface area contributed by atoms with E-state index in [9.17, 15) is 10.2 Å². The highest BCUT2D eigenvalue weighted by Gasteiger charge is 2.28. The standard InChI is InChI=1S/C23H25N5O2/c29-13-19(30)21(18-10-6-8-16-7-2-3-9-17(16)18)28-15-26-20-22(24-14-25-23(20)28)27-11-4-1-5-12-27/h2-3,6-10,14-15,19,21,29-30H,1,4-5,11-13H2/t19-,21+/m1/s1. The molecule has 154 valence electrons. The van der Waals surface area contributed by atoms with E-state index in [-0.39, 0.29) is 6.61 Å². The molecule has 0 spiro atoms.